The molecule has 0 aliphatic carbocycles. The standard InChI is InChI=1S/C8H6Cl3N3O/c9-4-1-3(2-5(10)6(4)11)7(15)14-8(12)13/h1-2H,(H4,12,13,14,15). The molecule has 0 radical (unpaired) electrons. The molecule has 1 aromatic rings. The van der Waals surface area contributed by atoms with E-state index in [0.29, 0.717) is 0 Å². The van der Waals surface area contributed by atoms with Crippen LogP contribution in [0.2, 0.25) is 15.1 Å². The minimum absolute atomic E-state index is 0.165. The first-order valence-electron chi connectivity index (χ1n) is 3.70. The second-order valence-electron chi connectivity index (χ2n) is 2.60. The lowest BCUT2D eigenvalue weighted by molar-refractivity contribution is 0.100. The number of amides is 1. The van der Waals surface area contributed by atoms with E-state index in [1.54, 1.807) is 0 Å². The molecule has 0 spiro atoms. The maximum Gasteiger partial charge on any atom is 0.280 e. The molecular weight excluding hydrogens is 260 g/mol. The first-order chi connectivity index (χ1) is 6.91. The summed E-state index contributed by atoms with van der Waals surface area (Å²) in [5, 5.41) is 0.510. The highest BCUT2D eigenvalue weighted by Crippen LogP contribution is 2.31. The van der Waals surface area contributed by atoms with E-state index in [2.05, 4.69) is 4.99 Å². The fourth-order valence-electron chi connectivity index (χ4n) is 0.861. The van der Waals surface area contributed by atoms with Gasteiger partial charge in [0.05, 0.1) is 15.1 Å². The smallest absolute Gasteiger partial charge is 0.280 e. The first kappa shape index (κ1) is 12.1. The number of nitrogens with two attached hydrogens (primary N) is 2. The fraction of sp³-hybridized carbons (Fsp3) is 0. The number of rotatable bonds is 1. The first-order valence-corrected chi connectivity index (χ1v) is 4.83. The average molecular weight is 267 g/mol. The molecule has 1 amide bonds. The number of hydrogen-bond acceptors (Lipinski definition) is 1. The normalized spacial score (nSPS) is 9.80. The summed E-state index contributed by atoms with van der Waals surface area (Å²) in [6.07, 6.45) is 0. The molecule has 4 nitrogen and oxygen atoms in total. The minimum atomic E-state index is -0.629. The van der Waals surface area contributed by atoms with Gasteiger partial charge in [-0.05, 0) is 12.1 Å². The van der Waals surface area contributed by atoms with E-state index in [0.717, 1.165) is 0 Å². The summed E-state index contributed by atoms with van der Waals surface area (Å²) in [4.78, 5) is 14.7. The zero-order valence-corrected chi connectivity index (χ0v) is 9.57. The molecule has 80 valence electrons. The van der Waals surface area contributed by atoms with E-state index in [9.17, 15) is 4.79 Å². The van der Waals surface area contributed by atoms with Gasteiger partial charge in [0.25, 0.3) is 5.91 Å². The fourth-order valence-corrected chi connectivity index (χ4v) is 1.46. The van der Waals surface area contributed by atoms with Gasteiger partial charge >= 0.3 is 0 Å². The second-order valence-corrected chi connectivity index (χ2v) is 3.79. The molecule has 0 bridgehead atoms. The number of halogens is 3. The van der Waals surface area contributed by atoms with Crippen molar-refractivity contribution in [2.24, 2.45) is 16.5 Å². The van der Waals surface area contributed by atoms with Crippen molar-refractivity contribution < 1.29 is 4.79 Å². The Balaban J connectivity index is 3.18. The lowest BCUT2D eigenvalue weighted by atomic mass is 10.2. The predicted octanol–water partition coefficient (Wildman–Crippen LogP) is 2.06. The second kappa shape index (κ2) is 4.70. The zero-order valence-electron chi connectivity index (χ0n) is 7.30. The van der Waals surface area contributed by atoms with Crippen LogP contribution in [0.15, 0.2) is 17.1 Å². The molecule has 0 heterocycles. The van der Waals surface area contributed by atoms with Crippen LogP contribution in [0.4, 0.5) is 0 Å². The molecule has 15 heavy (non-hydrogen) atoms. The van der Waals surface area contributed by atoms with Gasteiger partial charge in [-0.1, -0.05) is 34.8 Å². The van der Waals surface area contributed by atoms with E-state index in [4.69, 9.17) is 46.3 Å². The van der Waals surface area contributed by atoms with E-state index >= 15 is 0 Å². The Morgan fingerprint density at radius 3 is 2.00 bits per heavy atom. The molecule has 0 fully saturated rings. The third-order valence-electron chi connectivity index (χ3n) is 1.46. The Morgan fingerprint density at radius 1 is 1.13 bits per heavy atom. The largest absolute Gasteiger partial charge is 0.370 e. The topological polar surface area (TPSA) is 81.5 Å². The Labute approximate surface area is 101 Å². The Morgan fingerprint density at radius 2 is 1.60 bits per heavy atom. The van der Waals surface area contributed by atoms with Crippen molar-refractivity contribution in [2.45, 2.75) is 0 Å². The molecule has 0 unspecified atom stereocenters. The summed E-state index contributed by atoms with van der Waals surface area (Å²) in [5.74, 6) is -0.960. The molecule has 1 aromatic carbocycles. The molecule has 0 aliphatic heterocycles. The van der Waals surface area contributed by atoms with Crippen LogP contribution in [-0.4, -0.2) is 11.9 Å². The Bertz CT molecular complexity index is 418. The lowest BCUT2D eigenvalue weighted by Gasteiger charge is -2.01. The Hall–Kier alpha value is -0.970. The maximum atomic E-state index is 11.4. The van der Waals surface area contributed by atoms with Crippen molar-refractivity contribution in [3.8, 4) is 0 Å². The van der Waals surface area contributed by atoms with Crippen LogP contribution >= 0.6 is 34.8 Å². The van der Waals surface area contributed by atoms with Crippen molar-refractivity contribution >= 4 is 46.7 Å². The van der Waals surface area contributed by atoms with Gasteiger partial charge in [-0.15, -0.1) is 0 Å². The van der Waals surface area contributed by atoms with Crippen LogP contribution in [0, 0.1) is 0 Å². The van der Waals surface area contributed by atoms with Crippen LogP contribution in [0.1, 0.15) is 10.4 Å². The van der Waals surface area contributed by atoms with Gasteiger partial charge < -0.3 is 11.5 Å². The molecule has 0 aliphatic rings. The molecule has 4 N–H and O–H groups in total. The molecular formula is C8H6Cl3N3O. The van der Waals surface area contributed by atoms with Crippen molar-refractivity contribution in [1.82, 2.24) is 0 Å². The van der Waals surface area contributed by atoms with Crippen molar-refractivity contribution in [3.63, 3.8) is 0 Å². The van der Waals surface area contributed by atoms with Crippen LogP contribution in [0.25, 0.3) is 0 Å². The van der Waals surface area contributed by atoms with Gasteiger partial charge in [0.2, 0.25) is 0 Å². The molecule has 0 saturated heterocycles. The zero-order chi connectivity index (χ0) is 11.6. The maximum absolute atomic E-state index is 11.4. The number of carbonyl (C=O) groups is 1. The van der Waals surface area contributed by atoms with E-state index in [-0.39, 0.29) is 26.6 Å². The SMILES string of the molecule is NC(N)=NC(=O)c1cc(Cl)c(Cl)c(Cl)c1. The highest BCUT2D eigenvalue weighted by Gasteiger charge is 2.11. The summed E-state index contributed by atoms with van der Waals surface area (Å²) in [6.45, 7) is 0. The summed E-state index contributed by atoms with van der Waals surface area (Å²) in [5.41, 5.74) is 10.3. The predicted molar refractivity (Wildman–Crippen MR) is 61.6 cm³/mol. The van der Waals surface area contributed by atoms with Gasteiger partial charge in [-0.3, -0.25) is 4.79 Å². The van der Waals surface area contributed by atoms with E-state index < -0.39 is 5.91 Å². The lowest BCUT2D eigenvalue weighted by Crippen LogP contribution is -2.24. The third kappa shape index (κ3) is 2.99. The van der Waals surface area contributed by atoms with Crippen LogP contribution < -0.4 is 11.5 Å². The highest BCUT2D eigenvalue weighted by atomic mass is 35.5. The quantitative estimate of drug-likeness (QED) is 0.464. The number of benzene rings is 1. The van der Waals surface area contributed by atoms with Crippen LogP contribution in [-0.2, 0) is 0 Å². The minimum Gasteiger partial charge on any atom is -0.370 e. The molecule has 0 atom stereocenters. The van der Waals surface area contributed by atoms with E-state index in [1.807, 2.05) is 0 Å². The van der Waals surface area contributed by atoms with E-state index in [1.165, 1.54) is 12.1 Å². The van der Waals surface area contributed by atoms with Gasteiger partial charge in [0, 0.05) is 5.56 Å². The van der Waals surface area contributed by atoms with Gasteiger partial charge in [-0.2, -0.15) is 4.99 Å². The summed E-state index contributed by atoms with van der Waals surface area (Å²) in [6, 6.07) is 2.68. The molecule has 1 rings (SSSR count). The monoisotopic (exact) mass is 265 g/mol. The van der Waals surface area contributed by atoms with Crippen molar-refractivity contribution in [3.05, 3.63) is 32.8 Å². The summed E-state index contributed by atoms with van der Waals surface area (Å²) < 4.78 is 0. The van der Waals surface area contributed by atoms with Crippen LogP contribution in [0.3, 0.4) is 0 Å². The third-order valence-corrected chi connectivity index (χ3v) is 2.66. The molecule has 7 heteroatoms. The van der Waals surface area contributed by atoms with Gasteiger partial charge in [-0.25, -0.2) is 0 Å². The number of carbonyl (C=O) groups excluding carboxylic acids is 1. The van der Waals surface area contributed by atoms with Crippen molar-refractivity contribution in [2.75, 3.05) is 0 Å². The average Bonchev–Trinajstić information content (AvgIpc) is 2.12. The van der Waals surface area contributed by atoms with Crippen LogP contribution in [0.5, 0.6) is 0 Å². The molecule has 0 saturated carbocycles. The van der Waals surface area contributed by atoms with Gasteiger partial charge in [0.15, 0.2) is 5.96 Å². The Kier molecular flexibility index (Phi) is 3.79. The number of guanidine groups is 1. The summed E-state index contributed by atoms with van der Waals surface area (Å²) >= 11 is 17.1. The number of nitrogens with zero attached hydrogens (tertiary/aromatic N) is 1. The number of hydrogen-bond donors (Lipinski definition) is 2. The number of aliphatic imine (C=N–C) groups is 1. The van der Waals surface area contributed by atoms with Crippen molar-refractivity contribution in [1.29, 1.82) is 0 Å². The summed E-state index contributed by atoms with van der Waals surface area (Å²) in [7, 11) is 0. The molecule has 0 aromatic heterocycles. The highest BCUT2D eigenvalue weighted by molar-refractivity contribution is 6.48. The van der Waals surface area contributed by atoms with Gasteiger partial charge in [0.1, 0.15) is 0 Å².